The maximum absolute atomic E-state index is 14.1. The molecule has 0 bridgehead atoms. The van der Waals surface area contributed by atoms with Crippen LogP contribution in [0.15, 0.2) is 48.5 Å². The molecule has 0 unspecified atom stereocenters. The Balaban J connectivity index is 2.11. The first-order valence-corrected chi connectivity index (χ1v) is 6.95. The third-order valence-corrected chi connectivity index (χ3v) is 3.65. The Morgan fingerprint density at radius 2 is 1.86 bits per heavy atom. The SMILES string of the molecule is O=Cc1nnn(Cc2ccccc2Cl)c1-c1ccccc1F. The molecule has 0 aliphatic carbocycles. The maximum atomic E-state index is 14.1. The van der Waals surface area contributed by atoms with Crippen LogP contribution in [-0.2, 0) is 6.54 Å². The first-order valence-electron chi connectivity index (χ1n) is 6.57. The van der Waals surface area contributed by atoms with Gasteiger partial charge in [0, 0.05) is 10.6 Å². The van der Waals surface area contributed by atoms with E-state index in [0.717, 1.165) is 5.56 Å². The fraction of sp³-hybridized carbons (Fsp3) is 0.0625. The summed E-state index contributed by atoms with van der Waals surface area (Å²) in [6.45, 7) is 0.296. The lowest BCUT2D eigenvalue weighted by atomic mass is 10.1. The van der Waals surface area contributed by atoms with Crippen molar-refractivity contribution in [1.82, 2.24) is 15.0 Å². The van der Waals surface area contributed by atoms with E-state index in [9.17, 15) is 9.18 Å². The summed E-state index contributed by atoms with van der Waals surface area (Å²) in [6.07, 6.45) is 0.567. The van der Waals surface area contributed by atoms with Crippen LogP contribution in [0.1, 0.15) is 16.1 Å². The molecule has 0 spiro atoms. The predicted octanol–water partition coefficient (Wildman–Crippen LogP) is 3.60. The van der Waals surface area contributed by atoms with E-state index in [4.69, 9.17) is 11.6 Å². The standard InChI is InChI=1S/C16H11ClFN3O/c17-13-7-3-1-5-11(13)9-21-16(15(10-22)19-20-21)12-6-2-4-8-14(12)18/h1-8,10H,9H2. The molecule has 6 heteroatoms. The minimum atomic E-state index is -0.437. The molecule has 0 aliphatic heterocycles. The Morgan fingerprint density at radius 3 is 2.59 bits per heavy atom. The largest absolute Gasteiger partial charge is 0.296 e. The first kappa shape index (κ1) is 14.4. The summed E-state index contributed by atoms with van der Waals surface area (Å²) >= 11 is 6.14. The van der Waals surface area contributed by atoms with Gasteiger partial charge in [-0.3, -0.25) is 4.79 Å². The van der Waals surface area contributed by atoms with E-state index in [0.29, 0.717) is 23.5 Å². The highest BCUT2D eigenvalue weighted by Gasteiger charge is 2.18. The molecule has 0 amide bonds. The van der Waals surface area contributed by atoms with E-state index < -0.39 is 5.82 Å². The monoisotopic (exact) mass is 315 g/mol. The van der Waals surface area contributed by atoms with Crippen LogP contribution in [-0.4, -0.2) is 21.3 Å². The fourth-order valence-corrected chi connectivity index (χ4v) is 2.43. The Morgan fingerprint density at radius 1 is 1.14 bits per heavy atom. The topological polar surface area (TPSA) is 47.8 Å². The maximum Gasteiger partial charge on any atom is 0.172 e. The van der Waals surface area contributed by atoms with E-state index in [2.05, 4.69) is 10.3 Å². The lowest BCUT2D eigenvalue weighted by molar-refractivity contribution is 0.111. The van der Waals surface area contributed by atoms with Gasteiger partial charge in [0.1, 0.15) is 11.5 Å². The van der Waals surface area contributed by atoms with Crippen LogP contribution in [0.2, 0.25) is 5.02 Å². The predicted molar refractivity (Wildman–Crippen MR) is 81.4 cm³/mol. The Hall–Kier alpha value is -2.53. The number of rotatable bonds is 4. The highest BCUT2D eigenvalue weighted by Crippen LogP contribution is 2.26. The van der Waals surface area contributed by atoms with Crippen molar-refractivity contribution in [1.29, 1.82) is 0 Å². The van der Waals surface area contributed by atoms with Gasteiger partial charge in [-0.25, -0.2) is 9.07 Å². The average molecular weight is 316 g/mol. The number of nitrogens with zero attached hydrogens (tertiary/aromatic N) is 3. The van der Waals surface area contributed by atoms with Gasteiger partial charge in [0.15, 0.2) is 12.0 Å². The number of aromatic nitrogens is 3. The third-order valence-electron chi connectivity index (χ3n) is 3.28. The van der Waals surface area contributed by atoms with Gasteiger partial charge in [-0.2, -0.15) is 0 Å². The van der Waals surface area contributed by atoms with Crippen molar-refractivity contribution >= 4 is 17.9 Å². The molecule has 3 rings (SSSR count). The number of carbonyl (C=O) groups is 1. The molecule has 3 aromatic rings. The Kier molecular flexibility index (Phi) is 3.98. The number of hydrogen-bond acceptors (Lipinski definition) is 3. The average Bonchev–Trinajstić information content (AvgIpc) is 2.93. The van der Waals surface area contributed by atoms with Crippen LogP contribution in [0.3, 0.4) is 0 Å². The van der Waals surface area contributed by atoms with Crippen molar-refractivity contribution < 1.29 is 9.18 Å². The van der Waals surface area contributed by atoms with Gasteiger partial charge in [-0.1, -0.05) is 47.1 Å². The van der Waals surface area contributed by atoms with E-state index in [1.54, 1.807) is 24.3 Å². The van der Waals surface area contributed by atoms with Crippen molar-refractivity contribution in [2.45, 2.75) is 6.54 Å². The van der Waals surface area contributed by atoms with Gasteiger partial charge in [0.25, 0.3) is 0 Å². The van der Waals surface area contributed by atoms with E-state index in [-0.39, 0.29) is 11.3 Å². The van der Waals surface area contributed by atoms with Crippen LogP contribution in [0.4, 0.5) is 4.39 Å². The molecule has 22 heavy (non-hydrogen) atoms. The number of hydrogen-bond donors (Lipinski definition) is 0. The quantitative estimate of drug-likeness (QED) is 0.691. The zero-order chi connectivity index (χ0) is 15.5. The van der Waals surface area contributed by atoms with Gasteiger partial charge >= 0.3 is 0 Å². The van der Waals surface area contributed by atoms with E-state index in [1.165, 1.54) is 10.7 Å². The Labute approximate surface area is 131 Å². The molecular formula is C16H11ClFN3O. The number of halogens is 2. The minimum absolute atomic E-state index is 0.0946. The summed E-state index contributed by atoms with van der Waals surface area (Å²) in [4.78, 5) is 11.2. The lowest BCUT2D eigenvalue weighted by Crippen LogP contribution is -2.06. The molecule has 0 fully saturated rings. The van der Waals surface area contributed by atoms with Gasteiger partial charge in [0.05, 0.1) is 6.54 Å². The zero-order valence-corrected chi connectivity index (χ0v) is 12.2. The molecule has 0 N–H and O–H groups in total. The van der Waals surface area contributed by atoms with Crippen LogP contribution in [0.5, 0.6) is 0 Å². The lowest BCUT2D eigenvalue weighted by Gasteiger charge is -2.09. The number of aldehydes is 1. The normalized spacial score (nSPS) is 10.6. The highest BCUT2D eigenvalue weighted by molar-refractivity contribution is 6.31. The Bertz CT molecular complexity index is 832. The molecule has 2 aromatic carbocycles. The van der Waals surface area contributed by atoms with Crippen molar-refractivity contribution in [3.05, 3.63) is 70.6 Å². The van der Waals surface area contributed by atoms with E-state index >= 15 is 0 Å². The van der Waals surface area contributed by atoms with Crippen molar-refractivity contribution in [2.24, 2.45) is 0 Å². The summed E-state index contributed by atoms with van der Waals surface area (Å²) in [6, 6.07) is 13.5. The molecule has 110 valence electrons. The fourth-order valence-electron chi connectivity index (χ4n) is 2.23. The highest BCUT2D eigenvalue weighted by atomic mass is 35.5. The van der Waals surface area contributed by atoms with Crippen LogP contribution >= 0.6 is 11.6 Å². The second-order valence-corrected chi connectivity index (χ2v) is 5.08. The second kappa shape index (κ2) is 6.07. The molecule has 4 nitrogen and oxygen atoms in total. The smallest absolute Gasteiger partial charge is 0.172 e. The number of benzene rings is 2. The molecule has 0 atom stereocenters. The second-order valence-electron chi connectivity index (χ2n) is 4.67. The van der Waals surface area contributed by atoms with Crippen LogP contribution < -0.4 is 0 Å². The molecule has 0 aliphatic rings. The van der Waals surface area contributed by atoms with E-state index in [1.807, 2.05) is 18.2 Å². The number of carbonyl (C=O) groups excluding carboxylic acids is 1. The third kappa shape index (κ3) is 2.63. The van der Waals surface area contributed by atoms with Crippen molar-refractivity contribution in [3.63, 3.8) is 0 Å². The molecule has 0 saturated carbocycles. The zero-order valence-electron chi connectivity index (χ0n) is 11.4. The summed E-state index contributed by atoms with van der Waals surface area (Å²) in [7, 11) is 0. The van der Waals surface area contributed by atoms with Gasteiger partial charge < -0.3 is 0 Å². The van der Waals surface area contributed by atoms with Crippen molar-refractivity contribution in [2.75, 3.05) is 0 Å². The summed E-state index contributed by atoms with van der Waals surface area (Å²) in [5, 5.41) is 8.34. The first-order chi connectivity index (χ1) is 10.7. The summed E-state index contributed by atoms with van der Waals surface area (Å²) in [5.41, 5.74) is 1.52. The van der Waals surface area contributed by atoms with Gasteiger partial charge in [-0.15, -0.1) is 5.10 Å². The van der Waals surface area contributed by atoms with Crippen LogP contribution in [0.25, 0.3) is 11.3 Å². The summed E-state index contributed by atoms with van der Waals surface area (Å²) < 4.78 is 15.5. The molecular weight excluding hydrogens is 305 g/mol. The van der Waals surface area contributed by atoms with Gasteiger partial charge in [0.2, 0.25) is 0 Å². The summed E-state index contributed by atoms with van der Waals surface area (Å²) in [5.74, 6) is -0.437. The van der Waals surface area contributed by atoms with Crippen molar-refractivity contribution in [3.8, 4) is 11.3 Å². The minimum Gasteiger partial charge on any atom is -0.296 e. The van der Waals surface area contributed by atoms with Crippen LogP contribution in [0, 0.1) is 5.82 Å². The molecule has 0 saturated heterocycles. The molecule has 1 aromatic heterocycles. The van der Waals surface area contributed by atoms with Gasteiger partial charge in [-0.05, 0) is 23.8 Å². The molecule has 1 heterocycles. The molecule has 0 radical (unpaired) electrons.